The summed E-state index contributed by atoms with van der Waals surface area (Å²) in [5.41, 5.74) is 2.58. The van der Waals surface area contributed by atoms with Gasteiger partial charge in [-0.05, 0) is 48.4 Å². The van der Waals surface area contributed by atoms with Crippen LogP contribution in [0.2, 0.25) is 0 Å². The number of nitrogens with zero attached hydrogens (tertiary/aromatic N) is 2. The van der Waals surface area contributed by atoms with Crippen LogP contribution in [0.1, 0.15) is 29.7 Å². The number of anilines is 1. The van der Waals surface area contributed by atoms with Gasteiger partial charge < -0.3 is 15.5 Å². The third kappa shape index (κ3) is 3.81. The lowest BCUT2D eigenvalue weighted by Crippen LogP contribution is -2.45. The number of nitrogens with one attached hydrogen (secondary N) is 2. The van der Waals surface area contributed by atoms with Crippen LogP contribution in [0.3, 0.4) is 0 Å². The molecule has 3 amide bonds. The molecular weight excluding hydrogens is 335 g/mol. The normalized spacial score (nSPS) is 14.0. The molecular formula is C19H17FN4O2. The van der Waals surface area contributed by atoms with Gasteiger partial charge in [0.2, 0.25) is 5.91 Å². The number of urea groups is 1. The zero-order valence-electron chi connectivity index (χ0n) is 14.1. The van der Waals surface area contributed by atoms with Crippen molar-refractivity contribution in [3.05, 3.63) is 65.0 Å². The van der Waals surface area contributed by atoms with E-state index >= 15 is 0 Å². The third-order valence-electron chi connectivity index (χ3n) is 4.21. The number of fused-ring (bicyclic) bond motifs is 1. The summed E-state index contributed by atoms with van der Waals surface area (Å²) in [5, 5.41) is 14.3. The standard InChI is InChI=1S/C19H17FN4O2/c1-12(14-4-2-13(9-21)3-5-14)22-18(25)11-24-10-15-8-16(20)6-7-17(15)23-19(24)26/h2-8,12H,10-11H2,1H3,(H,22,25)(H,23,26)/t12-/m1/s1. The average Bonchev–Trinajstić information content (AvgIpc) is 2.62. The van der Waals surface area contributed by atoms with Crippen LogP contribution in [0.15, 0.2) is 42.5 Å². The Morgan fingerprint density at radius 1 is 1.35 bits per heavy atom. The SMILES string of the molecule is C[C@@H](NC(=O)CN1Cc2cc(F)ccc2NC1=O)c1ccc(C#N)cc1. The van der Waals surface area contributed by atoms with Crippen molar-refractivity contribution in [3.8, 4) is 6.07 Å². The zero-order valence-corrected chi connectivity index (χ0v) is 14.1. The number of halogens is 1. The maximum Gasteiger partial charge on any atom is 0.322 e. The summed E-state index contributed by atoms with van der Waals surface area (Å²) in [6, 6.07) is 12.4. The molecule has 0 saturated carbocycles. The van der Waals surface area contributed by atoms with Crippen LogP contribution >= 0.6 is 0 Å². The van der Waals surface area contributed by atoms with Gasteiger partial charge in [-0.15, -0.1) is 0 Å². The van der Waals surface area contributed by atoms with Crippen molar-refractivity contribution in [2.45, 2.75) is 19.5 Å². The van der Waals surface area contributed by atoms with Gasteiger partial charge >= 0.3 is 6.03 Å². The molecule has 6 nitrogen and oxygen atoms in total. The van der Waals surface area contributed by atoms with Crippen LogP contribution < -0.4 is 10.6 Å². The Kier molecular flexibility index (Phi) is 4.85. The number of amides is 3. The van der Waals surface area contributed by atoms with E-state index in [1.54, 1.807) is 24.3 Å². The quantitative estimate of drug-likeness (QED) is 0.887. The van der Waals surface area contributed by atoms with Gasteiger partial charge in [-0.3, -0.25) is 4.79 Å². The van der Waals surface area contributed by atoms with Gasteiger partial charge in [-0.2, -0.15) is 5.26 Å². The van der Waals surface area contributed by atoms with E-state index in [2.05, 4.69) is 10.6 Å². The lowest BCUT2D eigenvalue weighted by molar-refractivity contribution is -0.122. The highest BCUT2D eigenvalue weighted by molar-refractivity contribution is 5.94. The van der Waals surface area contributed by atoms with Crippen molar-refractivity contribution in [3.63, 3.8) is 0 Å². The van der Waals surface area contributed by atoms with E-state index in [-0.39, 0.29) is 25.0 Å². The molecule has 1 atom stereocenters. The molecule has 1 heterocycles. The highest BCUT2D eigenvalue weighted by atomic mass is 19.1. The Morgan fingerprint density at radius 3 is 2.77 bits per heavy atom. The summed E-state index contributed by atoms with van der Waals surface area (Å²) in [6.07, 6.45) is 0. The van der Waals surface area contributed by atoms with Gasteiger partial charge in [0.25, 0.3) is 0 Å². The average molecular weight is 352 g/mol. The van der Waals surface area contributed by atoms with Crippen molar-refractivity contribution in [2.24, 2.45) is 0 Å². The first kappa shape index (κ1) is 17.4. The first-order valence-corrected chi connectivity index (χ1v) is 8.10. The Balaban J connectivity index is 1.62. The van der Waals surface area contributed by atoms with Crippen molar-refractivity contribution < 1.29 is 14.0 Å². The van der Waals surface area contributed by atoms with E-state index in [0.717, 1.165) is 5.56 Å². The predicted molar refractivity (Wildman–Crippen MR) is 93.5 cm³/mol. The first-order valence-electron chi connectivity index (χ1n) is 8.10. The smallest absolute Gasteiger partial charge is 0.322 e. The first-order chi connectivity index (χ1) is 12.5. The molecule has 0 spiro atoms. The molecule has 0 aromatic heterocycles. The fourth-order valence-corrected chi connectivity index (χ4v) is 2.80. The number of carbonyl (C=O) groups is 2. The second kappa shape index (κ2) is 7.23. The van der Waals surface area contributed by atoms with Crippen molar-refractivity contribution in [1.82, 2.24) is 10.2 Å². The molecule has 7 heteroatoms. The summed E-state index contributed by atoms with van der Waals surface area (Å²) in [7, 11) is 0. The van der Waals surface area contributed by atoms with Crippen LogP contribution in [0.5, 0.6) is 0 Å². The van der Waals surface area contributed by atoms with Crippen LogP contribution in [0.4, 0.5) is 14.9 Å². The summed E-state index contributed by atoms with van der Waals surface area (Å²) in [5.74, 6) is -0.712. The number of benzene rings is 2. The minimum Gasteiger partial charge on any atom is -0.348 e. The highest BCUT2D eigenvalue weighted by Crippen LogP contribution is 2.24. The van der Waals surface area contributed by atoms with Crippen LogP contribution in [-0.4, -0.2) is 23.4 Å². The highest BCUT2D eigenvalue weighted by Gasteiger charge is 2.25. The molecule has 0 aliphatic carbocycles. The molecule has 1 aliphatic heterocycles. The van der Waals surface area contributed by atoms with Gasteiger partial charge in [0, 0.05) is 5.69 Å². The van der Waals surface area contributed by atoms with Gasteiger partial charge in [0.05, 0.1) is 24.2 Å². The number of hydrogen-bond acceptors (Lipinski definition) is 3. The van der Waals surface area contributed by atoms with Gasteiger partial charge in [0.1, 0.15) is 12.4 Å². The molecule has 0 bridgehead atoms. The molecule has 0 fully saturated rings. The van der Waals surface area contributed by atoms with E-state index in [4.69, 9.17) is 5.26 Å². The second-order valence-corrected chi connectivity index (χ2v) is 6.11. The van der Waals surface area contributed by atoms with Gasteiger partial charge in [0.15, 0.2) is 0 Å². The molecule has 0 radical (unpaired) electrons. The molecule has 0 unspecified atom stereocenters. The Labute approximate surface area is 150 Å². The van der Waals surface area contributed by atoms with E-state index < -0.39 is 11.8 Å². The summed E-state index contributed by atoms with van der Waals surface area (Å²) in [6.45, 7) is 1.85. The monoisotopic (exact) mass is 352 g/mol. The summed E-state index contributed by atoms with van der Waals surface area (Å²) >= 11 is 0. The minimum atomic E-state index is -0.398. The maximum atomic E-state index is 13.4. The molecule has 3 rings (SSSR count). The topological polar surface area (TPSA) is 85.2 Å². The number of nitriles is 1. The van der Waals surface area contributed by atoms with Crippen LogP contribution in [0, 0.1) is 17.1 Å². The largest absolute Gasteiger partial charge is 0.348 e. The Morgan fingerprint density at radius 2 is 2.08 bits per heavy atom. The zero-order chi connectivity index (χ0) is 18.7. The van der Waals surface area contributed by atoms with Gasteiger partial charge in [-0.1, -0.05) is 12.1 Å². The summed E-state index contributed by atoms with van der Waals surface area (Å²) < 4.78 is 13.4. The predicted octanol–water partition coefficient (Wildman–Crippen LogP) is 2.92. The minimum absolute atomic E-state index is 0.137. The molecule has 1 aliphatic rings. The van der Waals surface area contributed by atoms with E-state index in [9.17, 15) is 14.0 Å². The molecule has 26 heavy (non-hydrogen) atoms. The van der Waals surface area contributed by atoms with Crippen molar-refractivity contribution >= 4 is 17.6 Å². The fourth-order valence-electron chi connectivity index (χ4n) is 2.80. The second-order valence-electron chi connectivity index (χ2n) is 6.11. The van der Waals surface area contributed by atoms with Crippen molar-refractivity contribution in [2.75, 3.05) is 11.9 Å². The fraction of sp³-hybridized carbons (Fsp3) is 0.211. The number of rotatable bonds is 4. The number of hydrogen-bond donors (Lipinski definition) is 2. The number of carbonyl (C=O) groups excluding carboxylic acids is 2. The molecule has 2 N–H and O–H groups in total. The lowest BCUT2D eigenvalue weighted by atomic mass is 10.1. The Hall–Kier alpha value is -3.40. The third-order valence-corrected chi connectivity index (χ3v) is 4.21. The van der Waals surface area contributed by atoms with E-state index in [1.807, 2.05) is 13.0 Å². The lowest BCUT2D eigenvalue weighted by Gasteiger charge is -2.29. The van der Waals surface area contributed by atoms with Crippen LogP contribution in [-0.2, 0) is 11.3 Å². The molecule has 0 saturated heterocycles. The summed E-state index contributed by atoms with van der Waals surface area (Å²) in [4.78, 5) is 25.7. The van der Waals surface area contributed by atoms with E-state index in [0.29, 0.717) is 16.8 Å². The molecule has 2 aromatic rings. The molecule has 2 aromatic carbocycles. The van der Waals surface area contributed by atoms with Gasteiger partial charge in [-0.25, -0.2) is 9.18 Å². The molecule has 132 valence electrons. The maximum absolute atomic E-state index is 13.4. The Bertz CT molecular complexity index is 889. The van der Waals surface area contributed by atoms with Crippen LogP contribution in [0.25, 0.3) is 0 Å². The van der Waals surface area contributed by atoms with E-state index in [1.165, 1.54) is 23.1 Å². The van der Waals surface area contributed by atoms with Crippen molar-refractivity contribution in [1.29, 1.82) is 5.26 Å².